The maximum atomic E-state index is 12.4. The summed E-state index contributed by atoms with van der Waals surface area (Å²) >= 11 is 1.58. The van der Waals surface area contributed by atoms with E-state index in [9.17, 15) is 4.79 Å². The fourth-order valence-electron chi connectivity index (χ4n) is 3.34. The number of hydrogen-bond donors (Lipinski definition) is 2. The molecule has 1 atom stereocenters. The molecule has 6 nitrogen and oxygen atoms in total. The Hall–Kier alpha value is -2.85. The number of carbonyl (C=O) groups excluding carboxylic acids is 1. The number of hydrogen-bond acceptors (Lipinski definition) is 6. The van der Waals surface area contributed by atoms with Crippen LogP contribution in [0, 0.1) is 11.3 Å². The lowest BCUT2D eigenvalue weighted by molar-refractivity contribution is 0.102. The van der Waals surface area contributed by atoms with E-state index in [2.05, 4.69) is 36.1 Å². The molecule has 7 heteroatoms. The van der Waals surface area contributed by atoms with Gasteiger partial charge in [0.2, 0.25) is 0 Å². The lowest BCUT2D eigenvalue weighted by Gasteiger charge is -2.39. The van der Waals surface area contributed by atoms with E-state index in [0.29, 0.717) is 16.4 Å². The number of amides is 1. The molecule has 0 unspecified atom stereocenters. The Bertz CT molecular complexity index is 946. The van der Waals surface area contributed by atoms with Gasteiger partial charge in [-0.3, -0.25) is 9.79 Å². The van der Waals surface area contributed by atoms with E-state index in [1.807, 2.05) is 30.3 Å². The third-order valence-electron chi connectivity index (χ3n) is 4.38. The van der Waals surface area contributed by atoms with Crippen LogP contribution in [0.3, 0.4) is 0 Å². The number of nitriles is 1. The van der Waals surface area contributed by atoms with Crippen molar-refractivity contribution in [3.63, 3.8) is 0 Å². The van der Waals surface area contributed by atoms with Crippen molar-refractivity contribution in [2.45, 2.75) is 37.5 Å². The molecule has 3 N–H and O–H groups in total. The molecule has 0 radical (unpaired) electrons. The molecule has 0 spiro atoms. The Morgan fingerprint density at radius 3 is 2.70 bits per heavy atom. The summed E-state index contributed by atoms with van der Waals surface area (Å²) in [5.74, 6) is -0.329. The molecule has 2 aromatic rings. The summed E-state index contributed by atoms with van der Waals surface area (Å²) in [6.45, 7) is 6.36. The van der Waals surface area contributed by atoms with E-state index in [0.717, 1.165) is 12.0 Å². The largest absolute Gasteiger partial charge is 0.378 e. The summed E-state index contributed by atoms with van der Waals surface area (Å²) in [4.78, 5) is 21.1. The van der Waals surface area contributed by atoms with Crippen LogP contribution in [0.25, 0.3) is 0 Å². The number of aromatic nitrogens is 1. The maximum absolute atomic E-state index is 12.4. The number of amidine groups is 1. The quantitative estimate of drug-likeness (QED) is 0.847. The number of nitrogens with one attached hydrogen (secondary N) is 1. The topological polar surface area (TPSA) is 104 Å². The number of benzene rings is 1. The second kappa shape index (κ2) is 7.05. The number of rotatable bonds is 3. The first-order chi connectivity index (χ1) is 12.7. The molecular formula is C20H21N5OS. The van der Waals surface area contributed by atoms with Crippen LogP contribution in [-0.4, -0.2) is 20.8 Å². The minimum atomic E-state index is -0.452. The van der Waals surface area contributed by atoms with Crippen LogP contribution in [0.4, 0.5) is 5.69 Å². The van der Waals surface area contributed by atoms with E-state index >= 15 is 0 Å². The fraction of sp³-hybridized carbons (Fsp3) is 0.300. The molecule has 0 saturated carbocycles. The van der Waals surface area contributed by atoms with Gasteiger partial charge in [0.05, 0.1) is 11.1 Å². The maximum Gasteiger partial charge on any atom is 0.274 e. The summed E-state index contributed by atoms with van der Waals surface area (Å²) in [5.41, 5.74) is 7.92. The minimum absolute atomic E-state index is 0.0216. The number of nitrogens with two attached hydrogens (primary N) is 1. The van der Waals surface area contributed by atoms with E-state index in [-0.39, 0.29) is 16.3 Å². The molecule has 1 aromatic carbocycles. The number of nitrogens with zero attached hydrogens (tertiary/aromatic N) is 3. The molecule has 3 rings (SSSR count). The Balaban J connectivity index is 1.84. The Morgan fingerprint density at radius 1 is 1.30 bits per heavy atom. The first-order valence-electron chi connectivity index (χ1n) is 8.53. The predicted octanol–water partition coefficient (Wildman–Crippen LogP) is 3.65. The van der Waals surface area contributed by atoms with Crippen molar-refractivity contribution in [1.29, 1.82) is 5.26 Å². The Labute approximate surface area is 162 Å². The van der Waals surface area contributed by atoms with Crippen LogP contribution in [0.1, 0.15) is 48.8 Å². The zero-order valence-corrected chi connectivity index (χ0v) is 16.3. The molecule has 0 saturated heterocycles. The van der Waals surface area contributed by atoms with Gasteiger partial charge >= 0.3 is 0 Å². The highest BCUT2D eigenvalue weighted by Gasteiger charge is 2.39. The van der Waals surface area contributed by atoms with Crippen molar-refractivity contribution in [3.8, 4) is 6.07 Å². The van der Waals surface area contributed by atoms with E-state index in [1.165, 1.54) is 12.3 Å². The molecule has 0 aliphatic carbocycles. The highest BCUT2D eigenvalue weighted by Crippen LogP contribution is 2.45. The lowest BCUT2D eigenvalue weighted by atomic mass is 9.84. The highest BCUT2D eigenvalue weighted by atomic mass is 32.2. The number of carbonyl (C=O) groups is 1. The zero-order chi connectivity index (χ0) is 19.7. The first-order valence-corrected chi connectivity index (χ1v) is 9.35. The summed E-state index contributed by atoms with van der Waals surface area (Å²) in [5, 5.41) is 12.3. The summed E-state index contributed by atoms with van der Waals surface area (Å²) in [6, 6.07) is 12.7. The number of aliphatic imine (C=N–C) groups is 1. The molecule has 1 amide bonds. The second-order valence-corrected chi connectivity index (χ2v) is 9.07. The van der Waals surface area contributed by atoms with Crippen LogP contribution in [-0.2, 0) is 5.54 Å². The van der Waals surface area contributed by atoms with Crippen LogP contribution in [0.5, 0.6) is 0 Å². The smallest absolute Gasteiger partial charge is 0.274 e. The van der Waals surface area contributed by atoms with Crippen LogP contribution in [0.2, 0.25) is 0 Å². The predicted molar refractivity (Wildman–Crippen MR) is 109 cm³/mol. The highest BCUT2D eigenvalue weighted by molar-refractivity contribution is 8.15. The Kier molecular flexibility index (Phi) is 4.94. The summed E-state index contributed by atoms with van der Waals surface area (Å²) in [6.07, 6.45) is 2.21. The Morgan fingerprint density at radius 2 is 2.07 bits per heavy atom. The normalized spacial score (nSPS) is 21.0. The average Bonchev–Trinajstić information content (AvgIpc) is 2.60. The molecule has 2 heterocycles. The molecule has 1 aromatic heterocycles. The van der Waals surface area contributed by atoms with Crippen LogP contribution >= 0.6 is 11.8 Å². The van der Waals surface area contributed by atoms with Crippen molar-refractivity contribution in [2.24, 2.45) is 10.7 Å². The van der Waals surface area contributed by atoms with Gasteiger partial charge in [0.15, 0.2) is 5.17 Å². The molecule has 1 aliphatic rings. The fourth-order valence-corrected chi connectivity index (χ4v) is 4.51. The van der Waals surface area contributed by atoms with Gasteiger partial charge in [0.25, 0.3) is 5.91 Å². The van der Waals surface area contributed by atoms with E-state index < -0.39 is 5.54 Å². The van der Waals surface area contributed by atoms with Crippen molar-refractivity contribution in [3.05, 3.63) is 59.4 Å². The molecule has 0 fully saturated rings. The number of thioether (sulfide) groups is 1. The molecule has 0 bridgehead atoms. The lowest BCUT2D eigenvalue weighted by Crippen LogP contribution is -2.38. The summed E-state index contributed by atoms with van der Waals surface area (Å²) < 4.78 is -0.0216. The van der Waals surface area contributed by atoms with Crippen LogP contribution in [0.15, 0.2) is 47.6 Å². The van der Waals surface area contributed by atoms with Crippen molar-refractivity contribution in [2.75, 3.05) is 5.32 Å². The van der Waals surface area contributed by atoms with E-state index in [1.54, 1.807) is 17.8 Å². The van der Waals surface area contributed by atoms with Gasteiger partial charge in [-0.15, -0.1) is 0 Å². The van der Waals surface area contributed by atoms with Gasteiger partial charge in [0.1, 0.15) is 11.8 Å². The summed E-state index contributed by atoms with van der Waals surface area (Å²) in [7, 11) is 0. The van der Waals surface area contributed by atoms with E-state index in [4.69, 9.17) is 11.0 Å². The van der Waals surface area contributed by atoms with Crippen molar-refractivity contribution in [1.82, 2.24) is 4.98 Å². The van der Waals surface area contributed by atoms with Gasteiger partial charge in [-0.25, -0.2) is 4.98 Å². The van der Waals surface area contributed by atoms with Gasteiger partial charge in [-0.1, -0.05) is 37.7 Å². The molecular weight excluding hydrogens is 358 g/mol. The molecule has 27 heavy (non-hydrogen) atoms. The minimum Gasteiger partial charge on any atom is -0.378 e. The average molecular weight is 379 g/mol. The van der Waals surface area contributed by atoms with Crippen molar-refractivity contribution < 1.29 is 4.79 Å². The van der Waals surface area contributed by atoms with Gasteiger partial charge in [0, 0.05) is 16.6 Å². The van der Waals surface area contributed by atoms with Gasteiger partial charge in [-0.05, 0) is 43.2 Å². The second-order valence-electron chi connectivity index (χ2n) is 7.34. The SMILES string of the molecule is CC1(C)C[C@@](C)(c2cccc(NC(=O)c3ccc(C#N)cn3)c2)N=C(N)S1. The van der Waals surface area contributed by atoms with Crippen LogP contribution < -0.4 is 11.1 Å². The molecule has 138 valence electrons. The monoisotopic (exact) mass is 379 g/mol. The third kappa shape index (κ3) is 4.29. The van der Waals surface area contributed by atoms with Crippen molar-refractivity contribution >= 4 is 28.5 Å². The van der Waals surface area contributed by atoms with Gasteiger partial charge < -0.3 is 11.1 Å². The zero-order valence-electron chi connectivity index (χ0n) is 15.5. The molecule has 1 aliphatic heterocycles. The first kappa shape index (κ1) is 18.9. The van der Waals surface area contributed by atoms with Gasteiger partial charge in [-0.2, -0.15) is 5.26 Å². The third-order valence-corrected chi connectivity index (χ3v) is 5.37. The standard InChI is InChI=1S/C20H21N5OS/c1-19(2)12-20(3,25-18(22)27-19)14-5-4-6-15(9-14)24-17(26)16-8-7-13(10-21)11-23-16/h4-9,11H,12H2,1-3H3,(H2,22,25)(H,24,26)/t20-/m0/s1. The number of anilines is 1. The number of pyridine rings is 1.